The van der Waals surface area contributed by atoms with E-state index in [0.717, 1.165) is 10.0 Å². The van der Waals surface area contributed by atoms with E-state index in [1.807, 2.05) is 26.0 Å². The maximum atomic E-state index is 13.9. The number of nitrogens with zero attached hydrogens (tertiary/aromatic N) is 2. The molecule has 7 heteroatoms. The van der Waals surface area contributed by atoms with Gasteiger partial charge in [0.15, 0.2) is 5.17 Å². The molecule has 0 bridgehead atoms. The minimum Gasteiger partial charge on any atom is -0.488 e. The minimum absolute atomic E-state index is 0.0697. The summed E-state index contributed by atoms with van der Waals surface area (Å²) in [5, 5.41) is 0.713. The molecular formula is C21H20BrFN2O2S. The molecule has 0 aliphatic carbocycles. The fraction of sp³-hybridized carbons (Fsp3) is 0.238. The van der Waals surface area contributed by atoms with E-state index < -0.39 is 0 Å². The highest BCUT2D eigenvalue weighted by Gasteiger charge is 2.32. The zero-order valence-corrected chi connectivity index (χ0v) is 18.0. The predicted octanol–water partition coefficient (Wildman–Crippen LogP) is 5.48. The SMILES string of the molecule is CCN=C1S/C(=C/c2cc(Br)ccc2OCc2ccccc2F)C(=O)N1CC. The van der Waals surface area contributed by atoms with Crippen LogP contribution in [0.1, 0.15) is 25.0 Å². The number of amides is 1. The van der Waals surface area contributed by atoms with Crippen molar-refractivity contribution in [2.45, 2.75) is 20.5 Å². The number of carbonyl (C=O) groups is 1. The van der Waals surface area contributed by atoms with Gasteiger partial charge in [-0.3, -0.25) is 14.7 Å². The third-order valence-electron chi connectivity index (χ3n) is 4.10. The summed E-state index contributed by atoms with van der Waals surface area (Å²) >= 11 is 4.82. The van der Waals surface area contributed by atoms with Crippen molar-refractivity contribution in [1.82, 2.24) is 4.90 Å². The fourth-order valence-corrected chi connectivity index (χ4v) is 4.19. The molecule has 1 aliphatic rings. The van der Waals surface area contributed by atoms with E-state index in [2.05, 4.69) is 20.9 Å². The van der Waals surface area contributed by atoms with Crippen LogP contribution in [0.15, 0.2) is 56.8 Å². The maximum Gasteiger partial charge on any atom is 0.266 e. The normalized spacial score (nSPS) is 17.0. The third-order valence-corrected chi connectivity index (χ3v) is 5.63. The molecule has 28 heavy (non-hydrogen) atoms. The Balaban J connectivity index is 1.89. The Labute approximate surface area is 176 Å². The van der Waals surface area contributed by atoms with Gasteiger partial charge in [-0.2, -0.15) is 0 Å². The second-order valence-electron chi connectivity index (χ2n) is 5.98. The first-order valence-electron chi connectivity index (χ1n) is 8.95. The molecule has 2 aromatic carbocycles. The molecule has 1 heterocycles. The van der Waals surface area contributed by atoms with Gasteiger partial charge in [-0.05, 0) is 56.0 Å². The quantitative estimate of drug-likeness (QED) is 0.533. The van der Waals surface area contributed by atoms with Gasteiger partial charge < -0.3 is 4.74 Å². The first kappa shape index (κ1) is 20.6. The highest BCUT2D eigenvalue weighted by Crippen LogP contribution is 2.35. The molecule has 146 valence electrons. The van der Waals surface area contributed by atoms with E-state index in [0.29, 0.717) is 34.5 Å². The van der Waals surface area contributed by atoms with Crippen molar-refractivity contribution >= 4 is 44.8 Å². The molecule has 0 saturated carbocycles. The van der Waals surface area contributed by atoms with Crippen LogP contribution in [0.3, 0.4) is 0 Å². The molecule has 0 N–H and O–H groups in total. The summed E-state index contributed by atoms with van der Waals surface area (Å²) in [4.78, 5) is 19.4. The molecule has 0 spiro atoms. The Hall–Kier alpha value is -2.12. The van der Waals surface area contributed by atoms with Crippen LogP contribution in [-0.4, -0.2) is 29.1 Å². The van der Waals surface area contributed by atoms with Crippen LogP contribution >= 0.6 is 27.7 Å². The van der Waals surface area contributed by atoms with Crippen molar-refractivity contribution in [1.29, 1.82) is 0 Å². The molecule has 1 saturated heterocycles. The molecule has 0 aromatic heterocycles. The number of thioether (sulfide) groups is 1. The number of hydrogen-bond acceptors (Lipinski definition) is 4. The molecular weight excluding hydrogens is 443 g/mol. The molecule has 3 rings (SSSR count). The largest absolute Gasteiger partial charge is 0.488 e. The average molecular weight is 463 g/mol. The third kappa shape index (κ3) is 4.64. The van der Waals surface area contributed by atoms with Crippen LogP contribution in [0.4, 0.5) is 4.39 Å². The van der Waals surface area contributed by atoms with Crippen LogP contribution in [0.25, 0.3) is 6.08 Å². The standard InChI is InChI=1S/C21H20BrFN2O2S/c1-3-24-21-25(4-2)20(26)19(28-21)12-15-11-16(22)9-10-18(15)27-13-14-7-5-6-8-17(14)23/h5-12H,3-4,13H2,1-2H3/b19-12+,24-21?. The fourth-order valence-electron chi connectivity index (χ4n) is 2.72. The lowest BCUT2D eigenvalue weighted by molar-refractivity contribution is -0.122. The van der Waals surface area contributed by atoms with E-state index in [1.165, 1.54) is 17.8 Å². The predicted molar refractivity (Wildman–Crippen MR) is 116 cm³/mol. The van der Waals surface area contributed by atoms with Gasteiger partial charge in [0.25, 0.3) is 5.91 Å². The van der Waals surface area contributed by atoms with Gasteiger partial charge in [0.05, 0.1) is 4.91 Å². The Bertz CT molecular complexity index is 946. The molecule has 2 aromatic rings. The van der Waals surface area contributed by atoms with Crippen LogP contribution in [-0.2, 0) is 11.4 Å². The van der Waals surface area contributed by atoms with Gasteiger partial charge in [-0.25, -0.2) is 4.39 Å². The number of likely N-dealkylation sites (N-methyl/N-ethyl adjacent to an activating group) is 1. The summed E-state index contributed by atoms with van der Waals surface area (Å²) in [5.74, 6) is 0.205. The second kappa shape index (κ2) is 9.39. The van der Waals surface area contributed by atoms with Crippen LogP contribution in [0, 0.1) is 5.82 Å². The van der Waals surface area contributed by atoms with Gasteiger partial charge in [0.2, 0.25) is 0 Å². The summed E-state index contributed by atoms with van der Waals surface area (Å²) in [6.07, 6.45) is 1.80. The van der Waals surface area contributed by atoms with Crippen molar-refractivity contribution < 1.29 is 13.9 Å². The molecule has 4 nitrogen and oxygen atoms in total. The van der Waals surface area contributed by atoms with Crippen molar-refractivity contribution in [3.63, 3.8) is 0 Å². The Morgan fingerprint density at radius 2 is 2.04 bits per heavy atom. The molecule has 1 amide bonds. The topological polar surface area (TPSA) is 41.9 Å². The lowest BCUT2D eigenvalue weighted by Gasteiger charge is -2.12. The minimum atomic E-state index is -0.306. The summed E-state index contributed by atoms with van der Waals surface area (Å²) in [6, 6.07) is 12.0. The van der Waals surface area contributed by atoms with Gasteiger partial charge >= 0.3 is 0 Å². The zero-order chi connectivity index (χ0) is 20.1. The Morgan fingerprint density at radius 1 is 1.25 bits per heavy atom. The van der Waals surface area contributed by atoms with Crippen molar-refractivity contribution in [2.75, 3.05) is 13.1 Å². The highest BCUT2D eigenvalue weighted by atomic mass is 79.9. The van der Waals surface area contributed by atoms with E-state index in [-0.39, 0.29) is 18.3 Å². The van der Waals surface area contributed by atoms with Crippen LogP contribution < -0.4 is 4.74 Å². The number of rotatable bonds is 6. The zero-order valence-electron chi connectivity index (χ0n) is 15.6. The lowest BCUT2D eigenvalue weighted by atomic mass is 10.1. The summed E-state index contributed by atoms with van der Waals surface area (Å²) in [6.45, 7) is 5.16. The number of hydrogen-bond donors (Lipinski definition) is 0. The Morgan fingerprint density at radius 3 is 2.75 bits per heavy atom. The number of benzene rings is 2. The monoisotopic (exact) mass is 462 g/mol. The van der Waals surface area contributed by atoms with Crippen LogP contribution in [0.2, 0.25) is 0 Å². The molecule has 0 atom stereocenters. The van der Waals surface area contributed by atoms with Gasteiger partial charge in [-0.1, -0.05) is 34.1 Å². The number of aliphatic imine (C=N–C) groups is 1. The van der Waals surface area contributed by atoms with Gasteiger partial charge in [0, 0.05) is 28.7 Å². The average Bonchev–Trinajstić information content (AvgIpc) is 2.97. The summed E-state index contributed by atoms with van der Waals surface area (Å²) < 4.78 is 20.6. The summed E-state index contributed by atoms with van der Waals surface area (Å²) in [5.41, 5.74) is 1.22. The molecule has 1 fully saturated rings. The number of carbonyl (C=O) groups excluding carboxylic acids is 1. The van der Waals surface area contributed by atoms with Gasteiger partial charge in [-0.15, -0.1) is 0 Å². The van der Waals surface area contributed by atoms with Crippen molar-refractivity contribution in [3.05, 3.63) is 68.8 Å². The van der Waals surface area contributed by atoms with Crippen molar-refractivity contribution in [3.8, 4) is 5.75 Å². The Kier molecular flexibility index (Phi) is 6.91. The van der Waals surface area contributed by atoms with Crippen LogP contribution in [0.5, 0.6) is 5.75 Å². The maximum absolute atomic E-state index is 13.9. The molecule has 0 radical (unpaired) electrons. The smallest absolute Gasteiger partial charge is 0.266 e. The molecule has 0 unspecified atom stereocenters. The van der Waals surface area contributed by atoms with Crippen molar-refractivity contribution in [2.24, 2.45) is 4.99 Å². The number of halogens is 2. The lowest BCUT2D eigenvalue weighted by Crippen LogP contribution is -2.28. The second-order valence-corrected chi connectivity index (χ2v) is 7.90. The first-order chi connectivity index (χ1) is 13.5. The highest BCUT2D eigenvalue weighted by molar-refractivity contribution is 9.10. The van der Waals surface area contributed by atoms with E-state index >= 15 is 0 Å². The van der Waals surface area contributed by atoms with Gasteiger partial charge in [0.1, 0.15) is 18.2 Å². The molecule has 1 aliphatic heterocycles. The first-order valence-corrected chi connectivity index (χ1v) is 10.6. The van der Waals surface area contributed by atoms with E-state index in [1.54, 1.807) is 35.2 Å². The number of ether oxygens (including phenoxy) is 1. The number of amidine groups is 1. The summed E-state index contributed by atoms with van der Waals surface area (Å²) in [7, 11) is 0. The van der Waals surface area contributed by atoms with E-state index in [9.17, 15) is 9.18 Å². The van der Waals surface area contributed by atoms with E-state index in [4.69, 9.17) is 4.74 Å².